The smallest absolute Gasteiger partial charge is 0.252 e. The number of likely N-dealkylation sites (tertiary alicyclic amines) is 1. The molecule has 0 spiro atoms. The van der Waals surface area contributed by atoms with Crippen LogP contribution in [-0.4, -0.2) is 34.1 Å². The summed E-state index contributed by atoms with van der Waals surface area (Å²) in [6.07, 6.45) is -0.841. The highest BCUT2D eigenvalue weighted by atomic mass is 16.3. The van der Waals surface area contributed by atoms with Crippen LogP contribution >= 0.6 is 0 Å². The van der Waals surface area contributed by atoms with Crippen LogP contribution in [0.4, 0.5) is 0 Å². The summed E-state index contributed by atoms with van der Waals surface area (Å²) < 4.78 is 0. The third kappa shape index (κ3) is 1.70. The van der Waals surface area contributed by atoms with Gasteiger partial charge < -0.3 is 10.0 Å². The molecule has 3 nitrogen and oxygen atoms in total. The molecule has 1 rings (SSSR count). The zero-order chi connectivity index (χ0) is 10.4. The van der Waals surface area contributed by atoms with Gasteiger partial charge in [0, 0.05) is 17.5 Å². The molecule has 3 heteroatoms. The molecule has 1 saturated heterocycles. The molecule has 0 radical (unpaired) electrons. The quantitative estimate of drug-likeness (QED) is 0.612. The summed E-state index contributed by atoms with van der Waals surface area (Å²) in [5.74, 6) is -0.141. The molecule has 13 heavy (non-hydrogen) atoms. The molecule has 0 aromatic carbocycles. The summed E-state index contributed by atoms with van der Waals surface area (Å²) in [4.78, 5) is 13.4. The third-order valence-electron chi connectivity index (χ3n) is 2.62. The van der Waals surface area contributed by atoms with E-state index in [2.05, 4.69) is 0 Å². The fourth-order valence-corrected chi connectivity index (χ4v) is 1.62. The van der Waals surface area contributed by atoms with E-state index in [1.807, 2.05) is 34.6 Å². The molecular formula is C10H19NO2. The van der Waals surface area contributed by atoms with Gasteiger partial charge in [-0.05, 0) is 20.8 Å². The summed E-state index contributed by atoms with van der Waals surface area (Å²) in [5.41, 5.74) is -0.504. The monoisotopic (exact) mass is 185 g/mol. The number of aliphatic hydroxyl groups is 1. The summed E-state index contributed by atoms with van der Waals surface area (Å²) >= 11 is 0. The fourth-order valence-electron chi connectivity index (χ4n) is 1.62. The number of carbonyl (C=O) groups is 1. The normalized spacial score (nSPS) is 28.3. The van der Waals surface area contributed by atoms with Crippen molar-refractivity contribution in [1.29, 1.82) is 0 Å². The Morgan fingerprint density at radius 3 is 2.08 bits per heavy atom. The van der Waals surface area contributed by atoms with E-state index in [0.717, 1.165) is 0 Å². The molecule has 1 aliphatic heterocycles. The van der Waals surface area contributed by atoms with Gasteiger partial charge in [0.2, 0.25) is 0 Å². The van der Waals surface area contributed by atoms with Crippen molar-refractivity contribution in [3.05, 3.63) is 0 Å². The molecule has 0 bridgehead atoms. The summed E-state index contributed by atoms with van der Waals surface area (Å²) in [7, 11) is 0. The first-order valence-electron chi connectivity index (χ1n) is 4.66. The van der Waals surface area contributed by atoms with Crippen LogP contribution in [0.2, 0.25) is 0 Å². The van der Waals surface area contributed by atoms with Crippen molar-refractivity contribution in [1.82, 2.24) is 4.90 Å². The number of nitrogens with zero attached hydrogens (tertiary/aromatic N) is 1. The van der Waals surface area contributed by atoms with Crippen molar-refractivity contribution in [3.63, 3.8) is 0 Å². The first-order valence-corrected chi connectivity index (χ1v) is 4.66. The molecule has 1 heterocycles. The molecule has 0 aromatic rings. The largest absolute Gasteiger partial charge is 0.383 e. The van der Waals surface area contributed by atoms with E-state index >= 15 is 0 Å². The Kier molecular flexibility index (Phi) is 2.19. The maximum absolute atomic E-state index is 11.6. The van der Waals surface area contributed by atoms with Gasteiger partial charge in [-0.3, -0.25) is 4.79 Å². The molecule has 1 fully saturated rings. The number of hydrogen-bond donors (Lipinski definition) is 1. The van der Waals surface area contributed by atoms with E-state index in [-0.39, 0.29) is 16.9 Å². The first-order chi connectivity index (χ1) is 5.66. The molecule has 1 N–H and O–H groups in total. The maximum atomic E-state index is 11.6. The molecular weight excluding hydrogens is 166 g/mol. The Morgan fingerprint density at radius 2 is 1.92 bits per heavy atom. The van der Waals surface area contributed by atoms with Crippen molar-refractivity contribution in [2.45, 2.75) is 46.3 Å². The van der Waals surface area contributed by atoms with Crippen LogP contribution in [0.3, 0.4) is 0 Å². The van der Waals surface area contributed by atoms with Gasteiger partial charge in [-0.25, -0.2) is 0 Å². The first kappa shape index (κ1) is 10.5. The van der Waals surface area contributed by atoms with Gasteiger partial charge in [-0.1, -0.05) is 13.8 Å². The van der Waals surface area contributed by atoms with Gasteiger partial charge in [-0.2, -0.15) is 0 Å². The lowest BCUT2D eigenvalue weighted by atomic mass is 9.90. The van der Waals surface area contributed by atoms with Gasteiger partial charge >= 0.3 is 0 Å². The zero-order valence-corrected chi connectivity index (χ0v) is 9.09. The van der Waals surface area contributed by atoms with E-state index in [9.17, 15) is 9.90 Å². The van der Waals surface area contributed by atoms with Crippen LogP contribution in [0.15, 0.2) is 0 Å². The Morgan fingerprint density at radius 1 is 1.46 bits per heavy atom. The predicted molar refractivity (Wildman–Crippen MR) is 51.3 cm³/mol. The average molecular weight is 185 g/mol. The lowest BCUT2D eigenvalue weighted by Crippen LogP contribution is -2.43. The lowest BCUT2D eigenvalue weighted by Gasteiger charge is -2.32. The third-order valence-corrected chi connectivity index (χ3v) is 2.62. The highest BCUT2D eigenvalue weighted by Gasteiger charge is 2.48. The van der Waals surface area contributed by atoms with Gasteiger partial charge in [0.1, 0.15) is 6.10 Å². The number of carbonyl (C=O) groups excluding carboxylic acids is 1. The van der Waals surface area contributed by atoms with Crippen molar-refractivity contribution in [2.75, 3.05) is 6.54 Å². The molecule has 1 aliphatic rings. The Labute approximate surface area is 79.7 Å². The second-order valence-electron chi connectivity index (χ2n) is 5.49. The predicted octanol–water partition coefficient (Wildman–Crippen LogP) is 1.01. The SMILES string of the molecule is CC1(C)CN(C(C)(C)C)C(=O)[C@@H]1O. The minimum atomic E-state index is -0.841. The van der Waals surface area contributed by atoms with Crippen molar-refractivity contribution in [3.8, 4) is 0 Å². The number of amides is 1. The minimum Gasteiger partial charge on any atom is -0.383 e. The van der Waals surface area contributed by atoms with Crippen molar-refractivity contribution < 1.29 is 9.90 Å². The minimum absolute atomic E-state index is 0.141. The van der Waals surface area contributed by atoms with E-state index in [1.165, 1.54) is 0 Å². The van der Waals surface area contributed by atoms with E-state index in [1.54, 1.807) is 4.90 Å². The second-order valence-corrected chi connectivity index (χ2v) is 5.49. The van der Waals surface area contributed by atoms with Crippen LogP contribution < -0.4 is 0 Å². The van der Waals surface area contributed by atoms with Crippen LogP contribution in [0, 0.1) is 5.41 Å². The van der Waals surface area contributed by atoms with Gasteiger partial charge in [-0.15, -0.1) is 0 Å². The lowest BCUT2D eigenvalue weighted by molar-refractivity contribution is -0.139. The van der Waals surface area contributed by atoms with Crippen LogP contribution in [-0.2, 0) is 4.79 Å². The number of rotatable bonds is 0. The molecule has 1 atom stereocenters. The molecule has 0 aromatic heterocycles. The highest BCUT2D eigenvalue weighted by Crippen LogP contribution is 2.34. The average Bonchev–Trinajstić information content (AvgIpc) is 2.12. The number of aliphatic hydroxyl groups excluding tert-OH is 1. The van der Waals surface area contributed by atoms with Crippen molar-refractivity contribution in [2.24, 2.45) is 5.41 Å². The zero-order valence-electron chi connectivity index (χ0n) is 9.09. The molecule has 1 amide bonds. The topological polar surface area (TPSA) is 40.5 Å². The van der Waals surface area contributed by atoms with Gasteiger partial charge in [0.25, 0.3) is 5.91 Å². The van der Waals surface area contributed by atoms with Crippen LogP contribution in [0.1, 0.15) is 34.6 Å². The number of hydrogen-bond acceptors (Lipinski definition) is 2. The van der Waals surface area contributed by atoms with E-state index in [4.69, 9.17) is 0 Å². The fraction of sp³-hybridized carbons (Fsp3) is 0.900. The summed E-state index contributed by atoms with van der Waals surface area (Å²) in [6.45, 7) is 10.4. The second kappa shape index (κ2) is 2.71. The van der Waals surface area contributed by atoms with E-state index < -0.39 is 6.10 Å². The molecule has 76 valence electrons. The molecule has 0 unspecified atom stereocenters. The van der Waals surface area contributed by atoms with Crippen LogP contribution in [0.25, 0.3) is 0 Å². The summed E-state index contributed by atoms with van der Waals surface area (Å²) in [6, 6.07) is 0. The maximum Gasteiger partial charge on any atom is 0.252 e. The standard InChI is InChI=1S/C10H19NO2/c1-9(2,3)11-6-10(4,5)7(12)8(11)13/h7,12H,6H2,1-5H3/t7-/m0/s1. The summed E-state index contributed by atoms with van der Waals surface area (Å²) in [5, 5.41) is 9.67. The Hall–Kier alpha value is -0.570. The Bertz CT molecular complexity index is 228. The highest BCUT2D eigenvalue weighted by molar-refractivity contribution is 5.84. The van der Waals surface area contributed by atoms with Gasteiger partial charge in [0.15, 0.2) is 0 Å². The Balaban J connectivity index is 2.91. The van der Waals surface area contributed by atoms with E-state index in [0.29, 0.717) is 6.54 Å². The van der Waals surface area contributed by atoms with Gasteiger partial charge in [0.05, 0.1) is 0 Å². The van der Waals surface area contributed by atoms with Crippen molar-refractivity contribution >= 4 is 5.91 Å². The molecule has 0 saturated carbocycles. The molecule has 0 aliphatic carbocycles. The van der Waals surface area contributed by atoms with Crippen LogP contribution in [0.5, 0.6) is 0 Å².